The molecular weight excluding hydrogens is 278 g/mol. The van der Waals surface area contributed by atoms with Gasteiger partial charge in [0, 0.05) is 6.07 Å². The maximum Gasteiger partial charge on any atom is 0.257 e. The molecule has 1 amide bonds. The molecule has 0 atom stereocenters. The van der Waals surface area contributed by atoms with Crippen molar-refractivity contribution in [2.75, 3.05) is 18.2 Å². The summed E-state index contributed by atoms with van der Waals surface area (Å²) in [5.41, 5.74) is 5.95. The summed E-state index contributed by atoms with van der Waals surface area (Å²) in [4.78, 5) is 12.1. The molecule has 6 heteroatoms. The lowest BCUT2D eigenvalue weighted by atomic mass is 10.1. The summed E-state index contributed by atoms with van der Waals surface area (Å²) in [5, 5.41) is 2.30. The molecule has 0 radical (unpaired) electrons. The van der Waals surface area contributed by atoms with E-state index in [-0.39, 0.29) is 22.5 Å². The molecule has 2 rings (SSSR count). The second kappa shape index (κ2) is 5.78. The highest BCUT2D eigenvalue weighted by atomic mass is 19.1. The van der Waals surface area contributed by atoms with Crippen molar-refractivity contribution in [3.8, 4) is 5.75 Å². The van der Waals surface area contributed by atoms with Crippen molar-refractivity contribution in [3.63, 3.8) is 0 Å². The topological polar surface area (TPSA) is 64.3 Å². The number of para-hydroxylation sites is 1. The van der Waals surface area contributed by atoms with E-state index in [1.807, 2.05) is 0 Å². The second-order valence-electron chi connectivity index (χ2n) is 4.46. The number of halogens is 2. The fourth-order valence-electron chi connectivity index (χ4n) is 1.85. The van der Waals surface area contributed by atoms with Gasteiger partial charge in [0.1, 0.15) is 17.4 Å². The van der Waals surface area contributed by atoms with Gasteiger partial charge in [-0.1, -0.05) is 6.07 Å². The van der Waals surface area contributed by atoms with Gasteiger partial charge in [0.25, 0.3) is 5.91 Å². The summed E-state index contributed by atoms with van der Waals surface area (Å²) in [6.07, 6.45) is 0. The molecule has 0 saturated carbocycles. The van der Waals surface area contributed by atoms with E-state index >= 15 is 0 Å². The molecule has 0 spiro atoms. The fourth-order valence-corrected chi connectivity index (χ4v) is 1.85. The van der Waals surface area contributed by atoms with Crippen LogP contribution >= 0.6 is 0 Å². The van der Waals surface area contributed by atoms with Crippen LogP contribution < -0.4 is 15.8 Å². The lowest BCUT2D eigenvalue weighted by molar-refractivity contribution is 0.102. The van der Waals surface area contributed by atoms with Crippen LogP contribution in [0.5, 0.6) is 5.75 Å². The van der Waals surface area contributed by atoms with Gasteiger partial charge in [0.15, 0.2) is 0 Å². The zero-order valence-electron chi connectivity index (χ0n) is 11.5. The van der Waals surface area contributed by atoms with Gasteiger partial charge in [-0.15, -0.1) is 0 Å². The van der Waals surface area contributed by atoms with Crippen LogP contribution in [-0.4, -0.2) is 13.0 Å². The van der Waals surface area contributed by atoms with Crippen molar-refractivity contribution in [1.29, 1.82) is 0 Å². The Bertz CT molecular complexity index is 702. The van der Waals surface area contributed by atoms with Crippen molar-refractivity contribution < 1.29 is 18.3 Å². The van der Waals surface area contributed by atoms with Crippen LogP contribution in [0, 0.1) is 18.6 Å². The summed E-state index contributed by atoms with van der Waals surface area (Å²) < 4.78 is 32.2. The molecule has 110 valence electrons. The van der Waals surface area contributed by atoms with Gasteiger partial charge in [-0.05, 0) is 30.7 Å². The molecule has 0 heterocycles. The van der Waals surface area contributed by atoms with Gasteiger partial charge in [0.2, 0.25) is 0 Å². The maximum atomic E-state index is 13.7. The first-order chi connectivity index (χ1) is 9.93. The number of ether oxygens (including phenoxy) is 1. The number of methoxy groups -OCH3 is 1. The van der Waals surface area contributed by atoms with E-state index in [4.69, 9.17) is 10.5 Å². The average Bonchev–Trinajstić information content (AvgIpc) is 2.44. The molecule has 4 nitrogen and oxygen atoms in total. The number of carbonyl (C=O) groups excluding carboxylic acids is 1. The average molecular weight is 292 g/mol. The first-order valence-electron chi connectivity index (χ1n) is 6.13. The van der Waals surface area contributed by atoms with Crippen molar-refractivity contribution in [1.82, 2.24) is 0 Å². The van der Waals surface area contributed by atoms with Crippen molar-refractivity contribution in [2.24, 2.45) is 0 Å². The SMILES string of the molecule is COc1cccc(C(=O)Nc2cc(F)c(C)cc2F)c1N. The summed E-state index contributed by atoms with van der Waals surface area (Å²) in [5.74, 6) is -1.64. The Balaban J connectivity index is 2.33. The van der Waals surface area contributed by atoms with Crippen LogP contribution in [0.2, 0.25) is 0 Å². The van der Waals surface area contributed by atoms with Crippen LogP contribution in [0.1, 0.15) is 15.9 Å². The predicted octanol–water partition coefficient (Wildman–Crippen LogP) is 3.12. The molecule has 21 heavy (non-hydrogen) atoms. The lowest BCUT2D eigenvalue weighted by Gasteiger charge is -2.11. The second-order valence-corrected chi connectivity index (χ2v) is 4.46. The summed E-state index contributed by atoms with van der Waals surface area (Å²) in [6.45, 7) is 1.43. The van der Waals surface area contributed by atoms with E-state index in [9.17, 15) is 13.6 Å². The first-order valence-corrected chi connectivity index (χ1v) is 6.13. The number of nitrogen functional groups attached to an aromatic ring is 1. The van der Waals surface area contributed by atoms with Crippen molar-refractivity contribution in [2.45, 2.75) is 6.92 Å². The van der Waals surface area contributed by atoms with Crippen LogP contribution in [0.3, 0.4) is 0 Å². The minimum Gasteiger partial charge on any atom is -0.495 e. The molecule has 0 bridgehead atoms. The van der Waals surface area contributed by atoms with Crippen LogP contribution in [0.15, 0.2) is 30.3 Å². The number of nitrogens with two attached hydrogens (primary N) is 1. The Morgan fingerprint density at radius 3 is 2.62 bits per heavy atom. The molecule has 0 unspecified atom stereocenters. The number of aryl methyl sites for hydroxylation is 1. The van der Waals surface area contributed by atoms with Crippen molar-refractivity contribution in [3.05, 3.63) is 53.1 Å². The largest absolute Gasteiger partial charge is 0.495 e. The van der Waals surface area contributed by atoms with Gasteiger partial charge >= 0.3 is 0 Å². The molecule has 0 aromatic heterocycles. The Morgan fingerprint density at radius 2 is 1.95 bits per heavy atom. The minimum atomic E-state index is -0.719. The quantitative estimate of drug-likeness (QED) is 0.854. The van der Waals surface area contributed by atoms with Gasteiger partial charge in [-0.3, -0.25) is 4.79 Å². The fraction of sp³-hybridized carbons (Fsp3) is 0.133. The number of amides is 1. The Morgan fingerprint density at radius 1 is 1.24 bits per heavy atom. The van der Waals surface area contributed by atoms with E-state index in [0.717, 1.165) is 12.1 Å². The maximum absolute atomic E-state index is 13.7. The smallest absolute Gasteiger partial charge is 0.257 e. The van der Waals surface area contributed by atoms with E-state index < -0.39 is 17.5 Å². The van der Waals surface area contributed by atoms with Gasteiger partial charge in [-0.2, -0.15) is 0 Å². The summed E-state index contributed by atoms with van der Waals surface area (Å²) in [7, 11) is 1.42. The molecule has 3 N–H and O–H groups in total. The number of hydrogen-bond donors (Lipinski definition) is 2. The van der Waals surface area contributed by atoms with E-state index in [2.05, 4.69) is 5.32 Å². The van der Waals surface area contributed by atoms with Crippen LogP contribution in [0.25, 0.3) is 0 Å². The standard InChI is InChI=1S/C15H14F2N2O2/c1-8-6-11(17)12(7-10(8)16)19-15(20)9-4-3-5-13(21-2)14(9)18/h3-7H,18H2,1-2H3,(H,19,20). The highest BCUT2D eigenvalue weighted by Crippen LogP contribution is 2.26. The molecule has 0 aliphatic carbocycles. The van der Waals surface area contributed by atoms with E-state index in [1.54, 1.807) is 12.1 Å². The highest BCUT2D eigenvalue weighted by Gasteiger charge is 2.16. The highest BCUT2D eigenvalue weighted by molar-refractivity contribution is 6.08. The normalized spacial score (nSPS) is 10.3. The molecule has 2 aromatic rings. The monoisotopic (exact) mass is 292 g/mol. The van der Waals surface area contributed by atoms with Gasteiger partial charge in [-0.25, -0.2) is 8.78 Å². The Labute approximate surface area is 120 Å². The van der Waals surface area contributed by atoms with Crippen LogP contribution in [0.4, 0.5) is 20.2 Å². The van der Waals surface area contributed by atoms with Crippen LogP contribution in [-0.2, 0) is 0 Å². The minimum absolute atomic E-state index is 0.120. The number of carbonyl (C=O) groups is 1. The lowest BCUT2D eigenvalue weighted by Crippen LogP contribution is -2.15. The third kappa shape index (κ3) is 2.94. The van der Waals surface area contributed by atoms with Gasteiger partial charge in [0.05, 0.1) is 24.0 Å². The number of rotatable bonds is 3. The molecule has 0 saturated heterocycles. The summed E-state index contributed by atoms with van der Waals surface area (Å²) >= 11 is 0. The zero-order chi connectivity index (χ0) is 15.6. The third-order valence-electron chi connectivity index (χ3n) is 3.03. The third-order valence-corrected chi connectivity index (χ3v) is 3.03. The summed E-state index contributed by atoms with van der Waals surface area (Å²) in [6, 6.07) is 6.59. The number of benzene rings is 2. The van der Waals surface area contributed by atoms with E-state index in [1.165, 1.54) is 20.1 Å². The van der Waals surface area contributed by atoms with Gasteiger partial charge < -0.3 is 15.8 Å². The molecule has 0 aliphatic heterocycles. The first kappa shape index (κ1) is 14.8. The molecule has 0 aliphatic rings. The molecule has 0 fully saturated rings. The Kier molecular flexibility index (Phi) is 4.07. The number of anilines is 2. The predicted molar refractivity (Wildman–Crippen MR) is 76.5 cm³/mol. The van der Waals surface area contributed by atoms with E-state index in [0.29, 0.717) is 5.75 Å². The number of nitrogens with one attached hydrogen (secondary N) is 1. The van der Waals surface area contributed by atoms with Crippen molar-refractivity contribution >= 4 is 17.3 Å². The molecule has 2 aromatic carbocycles. The zero-order valence-corrected chi connectivity index (χ0v) is 11.5. The number of hydrogen-bond acceptors (Lipinski definition) is 3. The molecular formula is C15H14F2N2O2. The Hall–Kier alpha value is -2.63.